The Kier molecular flexibility index (Phi) is 6.35. The summed E-state index contributed by atoms with van der Waals surface area (Å²) in [7, 11) is 0. The first kappa shape index (κ1) is 17.8. The summed E-state index contributed by atoms with van der Waals surface area (Å²) in [5.41, 5.74) is 0.423. The number of nitrogens with zero attached hydrogens (tertiary/aromatic N) is 1. The number of carbonyl (C=O) groups is 2. The van der Waals surface area contributed by atoms with Crippen LogP contribution in [0, 0.1) is 5.41 Å². The van der Waals surface area contributed by atoms with Gasteiger partial charge in [0.1, 0.15) is 0 Å². The average Bonchev–Trinajstić information content (AvgIpc) is 2.49. The highest BCUT2D eigenvalue weighted by Crippen LogP contribution is 2.34. The number of hydrogen-bond acceptors (Lipinski definition) is 2. The lowest BCUT2D eigenvalue weighted by atomic mass is 9.76. The second kappa shape index (κ2) is 7.84. The number of hydrogen-bond donors (Lipinski definition) is 2. The van der Waals surface area contributed by atoms with Crippen LogP contribution in [0.2, 0.25) is 0 Å². The third kappa shape index (κ3) is 5.28. The molecule has 0 bridgehead atoms. The molecule has 1 saturated carbocycles. The van der Waals surface area contributed by atoms with Gasteiger partial charge >= 0.3 is 6.03 Å². The summed E-state index contributed by atoms with van der Waals surface area (Å²) in [5.74, 6) is 0.202. The molecule has 1 aliphatic carbocycles. The van der Waals surface area contributed by atoms with E-state index in [0.29, 0.717) is 15.9 Å². The molecule has 0 aromatic carbocycles. The Labute approximate surface area is 147 Å². The van der Waals surface area contributed by atoms with E-state index >= 15 is 0 Å². The van der Waals surface area contributed by atoms with E-state index < -0.39 is 0 Å². The number of urea groups is 1. The first-order chi connectivity index (χ1) is 10.4. The number of rotatable bonds is 3. The molecule has 6 heteroatoms. The van der Waals surface area contributed by atoms with E-state index in [1.807, 2.05) is 4.90 Å². The van der Waals surface area contributed by atoms with E-state index in [0.717, 1.165) is 38.8 Å². The van der Waals surface area contributed by atoms with Crippen molar-refractivity contribution in [1.29, 1.82) is 0 Å². The molecule has 3 amide bonds. The molecule has 0 radical (unpaired) electrons. The zero-order chi connectivity index (χ0) is 16.2. The summed E-state index contributed by atoms with van der Waals surface area (Å²) in [6.45, 7) is 6.11. The molecule has 1 heterocycles. The highest BCUT2D eigenvalue weighted by molar-refractivity contribution is 14.1. The van der Waals surface area contributed by atoms with E-state index in [4.69, 9.17) is 0 Å². The quantitative estimate of drug-likeness (QED) is 0.544. The lowest BCUT2D eigenvalue weighted by Gasteiger charge is -2.35. The fourth-order valence-corrected chi connectivity index (χ4v) is 3.80. The molecule has 22 heavy (non-hydrogen) atoms. The summed E-state index contributed by atoms with van der Waals surface area (Å²) < 4.78 is 0.536. The van der Waals surface area contributed by atoms with Crippen LogP contribution in [0.3, 0.4) is 0 Å². The van der Waals surface area contributed by atoms with Crippen LogP contribution in [-0.4, -0.2) is 46.4 Å². The highest BCUT2D eigenvalue weighted by atomic mass is 127. The maximum absolute atomic E-state index is 12.1. The topological polar surface area (TPSA) is 61.4 Å². The minimum absolute atomic E-state index is 0.0385. The standard InChI is InChI=1S/C16H28IN3O2/c1-16(2)7-3-12(4-8-16)18-15(22)19-13-5-9-20(10-6-13)14(21)11-17/h12-13H,3-11H2,1-2H3,(H2,18,19,22). The maximum atomic E-state index is 12.1. The van der Waals surface area contributed by atoms with Crippen molar-refractivity contribution < 1.29 is 9.59 Å². The van der Waals surface area contributed by atoms with Crippen LogP contribution in [0.5, 0.6) is 0 Å². The molecule has 1 aliphatic heterocycles. The molecule has 2 rings (SSSR count). The van der Waals surface area contributed by atoms with Gasteiger partial charge in [-0.3, -0.25) is 4.79 Å². The van der Waals surface area contributed by atoms with Crippen molar-refractivity contribution in [3.8, 4) is 0 Å². The minimum Gasteiger partial charge on any atom is -0.342 e. The fourth-order valence-electron chi connectivity index (χ4n) is 3.31. The van der Waals surface area contributed by atoms with Crippen LogP contribution in [0.1, 0.15) is 52.4 Å². The van der Waals surface area contributed by atoms with E-state index in [-0.39, 0.29) is 18.0 Å². The molecule has 2 aliphatic rings. The maximum Gasteiger partial charge on any atom is 0.315 e. The van der Waals surface area contributed by atoms with Gasteiger partial charge in [0.15, 0.2) is 0 Å². The monoisotopic (exact) mass is 421 g/mol. The Bertz CT molecular complexity index is 396. The number of carbonyl (C=O) groups excluding carboxylic acids is 2. The first-order valence-corrected chi connectivity index (χ1v) is 9.83. The van der Waals surface area contributed by atoms with E-state index in [9.17, 15) is 9.59 Å². The Morgan fingerprint density at radius 2 is 1.55 bits per heavy atom. The number of amides is 3. The van der Waals surface area contributed by atoms with Gasteiger partial charge in [-0.1, -0.05) is 36.4 Å². The molecule has 0 aromatic rings. The van der Waals surface area contributed by atoms with Crippen molar-refractivity contribution in [1.82, 2.24) is 15.5 Å². The van der Waals surface area contributed by atoms with Gasteiger partial charge in [-0.15, -0.1) is 0 Å². The fraction of sp³-hybridized carbons (Fsp3) is 0.875. The molecule has 126 valence electrons. The van der Waals surface area contributed by atoms with E-state index in [2.05, 4.69) is 47.1 Å². The first-order valence-electron chi connectivity index (χ1n) is 8.30. The van der Waals surface area contributed by atoms with Crippen molar-refractivity contribution in [2.45, 2.75) is 64.5 Å². The molecule has 0 unspecified atom stereocenters. The largest absolute Gasteiger partial charge is 0.342 e. The average molecular weight is 421 g/mol. The second-order valence-corrected chi connectivity index (χ2v) is 8.11. The zero-order valence-corrected chi connectivity index (χ0v) is 15.8. The molecule has 0 atom stereocenters. The Hall–Kier alpha value is -0.530. The van der Waals surface area contributed by atoms with Gasteiger partial charge in [-0.05, 0) is 43.9 Å². The van der Waals surface area contributed by atoms with Crippen molar-refractivity contribution >= 4 is 34.5 Å². The molecule has 5 nitrogen and oxygen atoms in total. The molecular formula is C16H28IN3O2. The minimum atomic E-state index is -0.0385. The van der Waals surface area contributed by atoms with Gasteiger partial charge in [0.05, 0.1) is 4.43 Å². The molecular weight excluding hydrogens is 393 g/mol. The smallest absolute Gasteiger partial charge is 0.315 e. The van der Waals surface area contributed by atoms with E-state index in [1.165, 1.54) is 12.8 Å². The van der Waals surface area contributed by atoms with Crippen LogP contribution in [0.15, 0.2) is 0 Å². The number of alkyl halides is 1. The van der Waals surface area contributed by atoms with Gasteiger partial charge in [0.25, 0.3) is 0 Å². The van der Waals surface area contributed by atoms with Crippen molar-refractivity contribution in [3.05, 3.63) is 0 Å². The molecule has 2 N–H and O–H groups in total. The summed E-state index contributed by atoms with van der Waals surface area (Å²) in [6.07, 6.45) is 6.20. The van der Waals surface area contributed by atoms with E-state index in [1.54, 1.807) is 0 Å². The van der Waals surface area contributed by atoms with Crippen molar-refractivity contribution in [2.24, 2.45) is 5.41 Å². The summed E-state index contributed by atoms with van der Waals surface area (Å²) in [6, 6.07) is 0.468. The van der Waals surface area contributed by atoms with Gasteiger partial charge in [0, 0.05) is 25.2 Å². The lowest BCUT2D eigenvalue weighted by Crippen LogP contribution is -2.51. The summed E-state index contributed by atoms with van der Waals surface area (Å²) >= 11 is 2.10. The third-order valence-electron chi connectivity index (χ3n) is 4.97. The molecule has 0 aromatic heterocycles. The normalized spacial score (nSPS) is 23.1. The zero-order valence-electron chi connectivity index (χ0n) is 13.7. The molecule has 1 saturated heterocycles. The number of piperidine rings is 1. The Morgan fingerprint density at radius 1 is 1.05 bits per heavy atom. The SMILES string of the molecule is CC1(C)CCC(NC(=O)NC2CCN(C(=O)CI)CC2)CC1. The Balaban J connectivity index is 1.67. The van der Waals surface area contributed by atoms with Crippen molar-refractivity contribution in [2.75, 3.05) is 17.5 Å². The van der Waals surface area contributed by atoms with Crippen LogP contribution in [0.25, 0.3) is 0 Å². The number of halogens is 1. The van der Waals surface area contributed by atoms with Gasteiger partial charge in [-0.2, -0.15) is 0 Å². The van der Waals surface area contributed by atoms with Crippen LogP contribution in [0.4, 0.5) is 4.79 Å². The van der Waals surface area contributed by atoms with Crippen LogP contribution >= 0.6 is 22.6 Å². The van der Waals surface area contributed by atoms with Crippen LogP contribution < -0.4 is 10.6 Å². The van der Waals surface area contributed by atoms with Gasteiger partial charge < -0.3 is 15.5 Å². The van der Waals surface area contributed by atoms with Crippen LogP contribution in [-0.2, 0) is 4.79 Å². The predicted molar refractivity (Wildman–Crippen MR) is 96.2 cm³/mol. The number of nitrogens with one attached hydrogen (secondary N) is 2. The number of likely N-dealkylation sites (tertiary alicyclic amines) is 1. The summed E-state index contributed by atoms with van der Waals surface area (Å²) in [5, 5.41) is 6.19. The Morgan fingerprint density at radius 3 is 2.05 bits per heavy atom. The molecule has 0 spiro atoms. The summed E-state index contributed by atoms with van der Waals surface area (Å²) in [4.78, 5) is 25.6. The third-order valence-corrected chi connectivity index (χ3v) is 5.62. The van der Waals surface area contributed by atoms with Gasteiger partial charge in [0.2, 0.25) is 5.91 Å². The molecule has 2 fully saturated rings. The lowest BCUT2D eigenvalue weighted by molar-refractivity contribution is -0.129. The second-order valence-electron chi connectivity index (χ2n) is 7.34. The van der Waals surface area contributed by atoms with Crippen molar-refractivity contribution in [3.63, 3.8) is 0 Å². The predicted octanol–water partition coefficient (Wildman–Crippen LogP) is 2.68. The van der Waals surface area contributed by atoms with Gasteiger partial charge in [-0.25, -0.2) is 4.79 Å². The highest BCUT2D eigenvalue weighted by Gasteiger charge is 2.28.